The monoisotopic (exact) mass is 277 g/mol. The Labute approximate surface area is 115 Å². The van der Waals surface area contributed by atoms with Gasteiger partial charge in [-0.2, -0.15) is 0 Å². The minimum absolute atomic E-state index is 0.241. The van der Waals surface area contributed by atoms with Gasteiger partial charge in [-0.15, -0.1) is 0 Å². The highest BCUT2D eigenvalue weighted by Crippen LogP contribution is 2.27. The number of aromatic nitrogens is 1. The lowest BCUT2D eigenvalue weighted by Gasteiger charge is -2.09. The van der Waals surface area contributed by atoms with Gasteiger partial charge in [0.2, 0.25) is 5.78 Å². The van der Waals surface area contributed by atoms with E-state index in [9.17, 15) is 4.79 Å². The third kappa shape index (κ3) is 2.69. The van der Waals surface area contributed by atoms with Gasteiger partial charge in [0.05, 0.1) is 19.8 Å². The van der Waals surface area contributed by atoms with E-state index in [1.165, 1.54) is 20.4 Å². The number of ketones is 1. The number of ether oxygens (including phenoxy) is 2. The number of rotatable bonds is 4. The Morgan fingerprint density at radius 1 is 1.16 bits per heavy atom. The van der Waals surface area contributed by atoms with Crippen LogP contribution in [-0.4, -0.2) is 25.0 Å². The third-order valence-electron chi connectivity index (χ3n) is 2.61. The minimum atomic E-state index is -0.272. The van der Waals surface area contributed by atoms with E-state index in [4.69, 9.17) is 21.1 Å². The van der Waals surface area contributed by atoms with Gasteiger partial charge in [-0.25, -0.2) is 4.98 Å². The summed E-state index contributed by atoms with van der Waals surface area (Å²) in [6.07, 6.45) is 1.54. The van der Waals surface area contributed by atoms with Gasteiger partial charge in [-0.1, -0.05) is 11.6 Å². The maximum absolute atomic E-state index is 12.5. The fourth-order valence-corrected chi connectivity index (χ4v) is 1.87. The molecule has 0 atom stereocenters. The molecule has 0 saturated heterocycles. The van der Waals surface area contributed by atoms with Crippen molar-refractivity contribution < 1.29 is 14.3 Å². The molecule has 5 heteroatoms. The average Bonchev–Trinajstić information content (AvgIpc) is 2.46. The first-order chi connectivity index (χ1) is 9.17. The van der Waals surface area contributed by atoms with Crippen molar-refractivity contribution in [3.8, 4) is 11.5 Å². The van der Waals surface area contributed by atoms with Crippen LogP contribution in [0.1, 0.15) is 16.1 Å². The van der Waals surface area contributed by atoms with Crippen LogP contribution in [0.15, 0.2) is 36.5 Å². The summed E-state index contributed by atoms with van der Waals surface area (Å²) in [4.78, 5) is 16.5. The molecule has 0 radical (unpaired) electrons. The fourth-order valence-electron chi connectivity index (χ4n) is 1.71. The number of carbonyl (C=O) groups excluding carboxylic acids is 1. The highest BCUT2D eigenvalue weighted by molar-refractivity contribution is 6.31. The van der Waals surface area contributed by atoms with E-state index in [0.717, 1.165) is 0 Å². The topological polar surface area (TPSA) is 48.4 Å². The Kier molecular flexibility index (Phi) is 4.02. The number of hydrogen-bond donors (Lipinski definition) is 0. The van der Waals surface area contributed by atoms with Crippen LogP contribution < -0.4 is 9.47 Å². The molecule has 98 valence electrons. The quantitative estimate of drug-likeness (QED) is 0.806. The van der Waals surface area contributed by atoms with Crippen molar-refractivity contribution >= 4 is 17.4 Å². The molecule has 0 bridgehead atoms. The van der Waals surface area contributed by atoms with Crippen LogP contribution in [0, 0.1) is 0 Å². The molecule has 0 aliphatic carbocycles. The van der Waals surface area contributed by atoms with Crippen molar-refractivity contribution in [3.63, 3.8) is 0 Å². The lowest BCUT2D eigenvalue weighted by atomic mass is 10.1. The standard InChI is InChI=1S/C14H12ClNO3/c1-18-11-4-3-7-16-13(11)14(17)10-6-5-9(15)8-12(10)19-2/h3-8H,1-2H3. The van der Waals surface area contributed by atoms with Crippen molar-refractivity contribution in [2.75, 3.05) is 14.2 Å². The largest absolute Gasteiger partial charge is 0.496 e. The van der Waals surface area contributed by atoms with E-state index in [1.807, 2.05) is 0 Å². The van der Waals surface area contributed by atoms with Gasteiger partial charge in [-0.05, 0) is 30.3 Å². The first-order valence-corrected chi connectivity index (χ1v) is 5.92. The summed E-state index contributed by atoms with van der Waals surface area (Å²) in [5.74, 6) is 0.556. The molecule has 1 aromatic carbocycles. The molecule has 0 spiro atoms. The zero-order valence-electron chi connectivity index (χ0n) is 10.5. The molecule has 0 unspecified atom stereocenters. The van der Waals surface area contributed by atoms with Crippen LogP contribution in [0.25, 0.3) is 0 Å². The molecule has 2 aromatic rings. The second-order valence-electron chi connectivity index (χ2n) is 3.73. The molecule has 0 aliphatic heterocycles. The van der Waals surface area contributed by atoms with Crippen molar-refractivity contribution in [2.45, 2.75) is 0 Å². The van der Waals surface area contributed by atoms with Gasteiger partial charge >= 0.3 is 0 Å². The van der Waals surface area contributed by atoms with Gasteiger partial charge in [0.15, 0.2) is 5.69 Å². The SMILES string of the molecule is COc1cc(Cl)ccc1C(=O)c1ncccc1OC. The maximum Gasteiger partial charge on any atom is 0.218 e. The summed E-state index contributed by atoms with van der Waals surface area (Å²) in [5, 5.41) is 0.501. The summed E-state index contributed by atoms with van der Waals surface area (Å²) in [5.41, 5.74) is 0.634. The summed E-state index contributed by atoms with van der Waals surface area (Å²) >= 11 is 5.87. The molecule has 2 rings (SSSR count). The average molecular weight is 278 g/mol. The van der Waals surface area contributed by atoms with Crippen LogP contribution in [0.4, 0.5) is 0 Å². The van der Waals surface area contributed by atoms with Crippen LogP contribution in [0.2, 0.25) is 5.02 Å². The van der Waals surface area contributed by atoms with E-state index >= 15 is 0 Å². The molecule has 0 saturated carbocycles. The third-order valence-corrected chi connectivity index (χ3v) is 2.85. The molecule has 0 amide bonds. The number of carbonyl (C=O) groups is 1. The molecule has 0 aliphatic rings. The maximum atomic E-state index is 12.5. The minimum Gasteiger partial charge on any atom is -0.496 e. The summed E-state index contributed by atoms with van der Waals surface area (Å²) in [6.45, 7) is 0. The Morgan fingerprint density at radius 3 is 2.58 bits per heavy atom. The van der Waals surface area contributed by atoms with Crippen LogP contribution in [-0.2, 0) is 0 Å². The zero-order valence-corrected chi connectivity index (χ0v) is 11.3. The molecule has 19 heavy (non-hydrogen) atoms. The first-order valence-electron chi connectivity index (χ1n) is 5.54. The normalized spacial score (nSPS) is 10.1. The Morgan fingerprint density at radius 2 is 1.89 bits per heavy atom. The van der Waals surface area contributed by atoms with Crippen molar-refractivity contribution in [3.05, 3.63) is 52.8 Å². The summed E-state index contributed by atoms with van der Waals surface area (Å²) < 4.78 is 10.3. The number of hydrogen-bond acceptors (Lipinski definition) is 4. The number of methoxy groups -OCH3 is 2. The van der Waals surface area contributed by atoms with E-state index < -0.39 is 0 Å². The molecule has 4 nitrogen and oxygen atoms in total. The predicted molar refractivity (Wildman–Crippen MR) is 72.2 cm³/mol. The van der Waals surface area contributed by atoms with Crippen LogP contribution >= 0.6 is 11.6 Å². The highest BCUT2D eigenvalue weighted by Gasteiger charge is 2.19. The fraction of sp³-hybridized carbons (Fsp3) is 0.143. The summed E-state index contributed by atoms with van der Waals surface area (Å²) in [6, 6.07) is 8.21. The van der Waals surface area contributed by atoms with Gasteiger partial charge in [0.1, 0.15) is 11.5 Å². The predicted octanol–water partition coefficient (Wildman–Crippen LogP) is 2.98. The van der Waals surface area contributed by atoms with Crippen molar-refractivity contribution in [2.24, 2.45) is 0 Å². The molecule has 0 fully saturated rings. The number of pyridine rings is 1. The van der Waals surface area contributed by atoms with Gasteiger partial charge in [-0.3, -0.25) is 4.79 Å². The number of benzene rings is 1. The summed E-state index contributed by atoms with van der Waals surface area (Å²) in [7, 11) is 2.98. The molecule has 0 N–H and O–H groups in total. The molecular formula is C14H12ClNO3. The Hall–Kier alpha value is -2.07. The van der Waals surface area contributed by atoms with Crippen molar-refractivity contribution in [1.82, 2.24) is 4.98 Å². The van der Waals surface area contributed by atoms with Gasteiger partial charge in [0, 0.05) is 11.2 Å². The number of halogens is 1. The van der Waals surface area contributed by atoms with Gasteiger partial charge < -0.3 is 9.47 Å². The lowest BCUT2D eigenvalue weighted by molar-refractivity contribution is 0.102. The second kappa shape index (κ2) is 5.71. The van der Waals surface area contributed by atoms with Crippen LogP contribution in [0.3, 0.4) is 0 Å². The molecule has 1 aromatic heterocycles. The van der Waals surface area contributed by atoms with Gasteiger partial charge in [0.25, 0.3) is 0 Å². The van der Waals surface area contributed by atoms with E-state index in [1.54, 1.807) is 30.3 Å². The molecular weight excluding hydrogens is 266 g/mol. The Bertz CT molecular complexity index is 613. The highest BCUT2D eigenvalue weighted by atomic mass is 35.5. The van der Waals surface area contributed by atoms with E-state index in [0.29, 0.717) is 22.1 Å². The van der Waals surface area contributed by atoms with E-state index in [-0.39, 0.29) is 11.5 Å². The van der Waals surface area contributed by atoms with Crippen LogP contribution in [0.5, 0.6) is 11.5 Å². The second-order valence-corrected chi connectivity index (χ2v) is 4.16. The van der Waals surface area contributed by atoms with Crippen molar-refractivity contribution in [1.29, 1.82) is 0 Å². The molecule has 1 heterocycles. The zero-order chi connectivity index (χ0) is 13.8. The Balaban J connectivity index is 2.50. The number of nitrogens with zero attached hydrogens (tertiary/aromatic N) is 1. The van der Waals surface area contributed by atoms with E-state index in [2.05, 4.69) is 4.98 Å². The first kappa shape index (κ1) is 13.4. The smallest absolute Gasteiger partial charge is 0.218 e. The lowest BCUT2D eigenvalue weighted by Crippen LogP contribution is -2.08.